The number of fused-ring (bicyclic) bond motifs is 2. The first-order valence-corrected chi connectivity index (χ1v) is 12.7. The molecule has 1 N–H and O–H groups in total. The molecule has 38 heavy (non-hydrogen) atoms. The van der Waals surface area contributed by atoms with Gasteiger partial charge in [-0.15, -0.1) is 0 Å². The summed E-state index contributed by atoms with van der Waals surface area (Å²) in [5, 5.41) is 15.3. The van der Waals surface area contributed by atoms with Crippen LogP contribution in [0.4, 0.5) is 0 Å². The van der Waals surface area contributed by atoms with Crippen molar-refractivity contribution in [1.82, 2.24) is 14.9 Å². The van der Waals surface area contributed by atoms with E-state index in [0.717, 1.165) is 38.5 Å². The van der Waals surface area contributed by atoms with E-state index < -0.39 is 0 Å². The number of nitrogens with zero attached hydrogens (tertiary/aromatic N) is 3. The molecular formula is C32H30N4O2. The van der Waals surface area contributed by atoms with E-state index >= 15 is 0 Å². The highest BCUT2D eigenvalue weighted by Crippen LogP contribution is 2.29. The summed E-state index contributed by atoms with van der Waals surface area (Å²) in [5.74, 6) is -0.567. The van der Waals surface area contributed by atoms with E-state index in [1.165, 1.54) is 16.6 Å². The lowest BCUT2D eigenvalue weighted by Crippen LogP contribution is -2.30. The zero-order chi connectivity index (χ0) is 26.8. The average Bonchev–Trinajstić information content (AvgIpc) is 3.24. The summed E-state index contributed by atoms with van der Waals surface area (Å²) < 4.78 is 7.65. The second kappa shape index (κ2) is 10.5. The van der Waals surface area contributed by atoms with Crippen LogP contribution < -0.4 is 15.9 Å². The van der Waals surface area contributed by atoms with E-state index in [1.54, 1.807) is 12.1 Å². The molecule has 1 atom stereocenters. The maximum Gasteiger partial charge on any atom is 0.251 e. The van der Waals surface area contributed by atoms with Gasteiger partial charge in [-0.1, -0.05) is 36.9 Å². The van der Waals surface area contributed by atoms with Crippen molar-refractivity contribution in [2.75, 3.05) is 13.2 Å². The summed E-state index contributed by atoms with van der Waals surface area (Å²) >= 11 is 0. The van der Waals surface area contributed by atoms with Gasteiger partial charge < -0.3 is 14.6 Å². The Labute approximate surface area is 222 Å². The quantitative estimate of drug-likeness (QED) is 0.442. The number of rotatable bonds is 5. The Balaban J connectivity index is 1.39. The summed E-state index contributed by atoms with van der Waals surface area (Å²) in [6.07, 6.45) is 3.94. The summed E-state index contributed by atoms with van der Waals surface area (Å²) in [7, 11) is 2.07. The molecule has 1 unspecified atom stereocenters. The van der Waals surface area contributed by atoms with Crippen LogP contribution in [0.2, 0.25) is 0 Å². The number of hydrogen-bond donors (Lipinski definition) is 1. The highest BCUT2D eigenvalue weighted by molar-refractivity contribution is 5.95. The predicted octanol–water partition coefficient (Wildman–Crippen LogP) is 4.25. The smallest absolute Gasteiger partial charge is 0.251 e. The van der Waals surface area contributed by atoms with Crippen LogP contribution in [0.1, 0.15) is 40.0 Å². The van der Waals surface area contributed by atoms with Crippen LogP contribution in [-0.2, 0) is 18.4 Å². The Morgan fingerprint density at radius 1 is 1.26 bits per heavy atom. The fourth-order valence-electron chi connectivity index (χ4n) is 4.93. The number of nitriles is 1. The van der Waals surface area contributed by atoms with Gasteiger partial charge in [0.15, 0.2) is 0 Å². The number of hydrogen-bond acceptors (Lipinski definition) is 4. The second-order valence-corrected chi connectivity index (χ2v) is 9.64. The zero-order valence-electron chi connectivity index (χ0n) is 21.9. The molecule has 0 saturated carbocycles. The Morgan fingerprint density at radius 2 is 2.11 bits per heavy atom. The van der Waals surface area contributed by atoms with Gasteiger partial charge in [0.2, 0.25) is 0 Å². The Hall–Kier alpha value is -4.47. The number of pyridine rings is 1. The molecule has 0 spiro atoms. The Morgan fingerprint density at radius 3 is 2.89 bits per heavy atom. The molecule has 0 radical (unpaired) electrons. The number of amides is 1. The maximum atomic E-state index is 12.9. The molecule has 6 heteroatoms. The van der Waals surface area contributed by atoms with Crippen molar-refractivity contribution in [2.45, 2.75) is 26.4 Å². The minimum atomic E-state index is -0.359. The molecule has 0 fully saturated rings. The van der Waals surface area contributed by atoms with Crippen LogP contribution in [0.25, 0.3) is 34.3 Å². The van der Waals surface area contributed by atoms with Crippen molar-refractivity contribution in [3.8, 4) is 17.3 Å². The molecule has 190 valence electrons. The highest BCUT2D eigenvalue weighted by atomic mass is 16.5. The minimum absolute atomic E-state index is 0.208. The van der Waals surface area contributed by atoms with Crippen LogP contribution in [-0.4, -0.2) is 28.6 Å². The molecule has 6 nitrogen and oxygen atoms in total. The third kappa shape index (κ3) is 4.77. The SMILES string of the molecule is C=C(/C=c1/nc(-c2cccc3c2cc(C)n3C)cc/c1=C/C)CNC(=O)c1ccc2c(c1)C(C#N)COC2. The molecule has 2 aromatic heterocycles. The average molecular weight is 503 g/mol. The zero-order valence-corrected chi connectivity index (χ0v) is 21.9. The molecule has 5 rings (SSSR count). The summed E-state index contributed by atoms with van der Waals surface area (Å²) in [6.45, 7) is 9.34. The summed E-state index contributed by atoms with van der Waals surface area (Å²) in [4.78, 5) is 17.9. The number of aromatic nitrogens is 2. The normalized spacial score (nSPS) is 15.8. The van der Waals surface area contributed by atoms with Crippen LogP contribution in [0.3, 0.4) is 0 Å². The molecule has 1 amide bonds. The van der Waals surface area contributed by atoms with E-state index in [4.69, 9.17) is 9.72 Å². The van der Waals surface area contributed by atoms with Gasteiger partial charge in [0.05, 0.1) is 36.2 Å². The lowest BCUT2D eigenvalue weighted by Gasteiger charge is -2.21. The van der Waals surface area contributed by atoms with Gasteiger partial charge in [-0.3, -0.25) is 4.79 Å². The van der Waals surface area contributed by atoms with Crippen molar-refractivity contribution >= 4 is 29.0 Å². The lowest BCUT2D eigenvalue weighted by atomic mass is 9.92. The van der Waals surface area contributed by atoms with Crippen LogP contribution >= 0.6 is 0 Å². The third-order valence-electron chi connectivity index (χ3n) is 7.17. The summed E-state index contributed by atoms with van der Waals surface area (Å²) in [6, 6.07) is 20.3. The van der Waals surface area contributed by atoms with Gasteiger partial charge in [-0.25, -0.2) is 4.98 Å². The highest BCUT2D eigenvalue weighted by Gasteiger charge is 2.22. The van der Waals surface area contributed by atoms with Gasteiger partial charge in [0.1, 0.15) is 0 Å². The van der Waals surface area contributed by atoms with Gasteiger partial charge in [-0.2, -0.15) is 5.26 Å². The van der Waals surface area contributed by atoms with Gasteiger partial charge >= 0.3 is 0 Å². The third-order valence-corrected chi connectivity index (χ3v) is 7.17. The predicted molar refractivity (Wildman–Crippen MR) is 151 cm³/mol. The molecule has 1 aliphatic heterocycles. The van der Waals surface area contributed by atoms with Crippen molar-refractivity contribution in [3.63, 3.8) is 0 Å². The van der Waals surface area contributed by atoms with Crippen molar-refractivity contribution < 1.29 is 9.53 Å². The number of benzene rings is 2. The van der Waals surface area contributed by atoms with Gasteiger partial charge in [-0.05, 0) is 72.2 Å². The number of carbonyl (C=O) groups is 1. The first kappa shape index (κ1) is 25.2. The maximum absolute atomic E-state index is 12.9. The van der Waals surface area contributed by atoms with Crippen LogP contribution in [0.15, 0.2) is 66.7 Å². The number of aryl methyl sites for hydroxylation is 2. The molecule has 1 aliphatic rings. The fraction of sp³-hybridized carbons (Fsp3) is 0.219. The lowest BCUT2D eigenvalue weighted by molar-refractivity contribution is 0.0952. The van der Waals surface area contributed by atoms with Crippen LogP contribution in [0, 0.1) is 18.3 Å². The molecule has 0 bridgehead atoms. The van der Waals surface area contributed by atoms with E-state index in [-0.39, 0.29) is 18.4 Å². The molecule has 0 aliphatic carbocycles. The van der Waals surface area contributed by atoms with E-state index in [1.807, 2.05) is 31.2 Å². The van der Waals surface area contributed by atoms with Crippen molar-refractivity contribution in [1.29, 1.82) is 5.26 Å². The number of nitrogens with one attached hydrogen (secondary N) is 1. The van der Waals surface area contributed by atoms with Crippen molar-refractivity contribution in [2.24, 2.45) is 7.05 Å². The molecule has 0 saturated heterocycles. The minimum Gasteiger partial charge on any atom is -0.375 e. The Bertz CT molecular complexity index is 1740. The van der Waals surface area contributed by atoms with Gasteiger partial charge in [0.25, 0.3) is 5.91 Å². The van der Waals surface area contributed by atoms with E-state index in [9.17, 15) is 10.1 Å². The van der Waals surface area contributed by atoms with Gasteiger partial charge in [0, 0.05) is 41.3 Å². The first-order valence-electron chi connectivity index (χ1n) is 12.7. The van der Waals surface area contributed by atoms with Crippen LogP contribution in [0.5, 0.6) is 0 Å². The van der Waals surface area contributed by atoms with E-state index in [2.05, 4.69) is 66.8 Å². The monoisotopic (exact) mass is 502 g/mol. The topological polar surface area (TPSA) is 79.9 Å². The largest absolute Gasteiger partial charge is 0.375 e. The number of ether oxygens (including phenoxy) is 1. The summed E-state index contributed by atoms with van der Waals surface area (Å²) in [5.41, 5.74) is 7.40. The van der Waals surface area contributed by atoms with Crippen molar-refractivity contribution in [3.05, 3.63) is 99.7 Å². The molecule has 4 aromatic rings. The molecule has 3 heterocycles. The van der Waals surface area contributed by atoms with E-state index in [0.29, 0.717) is 18.8 Å². The fourth-order valence-corrected chi connectivity index (χ4v) is 4.93. The molecular weight excluding hydrogens is 472 g/mol. The Kier molecular flexibility index (Phi) is 6.95. The first-order chi connectivity index (χ1) is 18.4. The standard InChI is InChI=1S/C32H30N4O2/c1-5-22-11-12-29(26-7-6-8-31-28(26)14-21(3)36(31)4)35-30(22)13-20(2)17-34-32(37)23-9-10-24-18-38-19-25(16-33)27(24)15-23/h5-15,25H,2,17-19H2,1,3-4H3,(H,34,37)/b22-5-,30-13+. The number of carbonyl (C=O) groups excluding carboxylic acids is 1. The second-order valence-electron chi connectivity index (χ2n) is 9.64. The molecule has 2 aromatic carbocycles.